The Morgan fingerprint density at radius 3 is 2.27 bits per heavy atom. The number of halogens is 1. The minimum Gasteiger partial charge on any atom is -0.507 e. The summed E-state index contributed by atoms with van der Waals surface area (Å²) in [6.45, 7) is 10.6. The predicted molar refractivity (Wildman–Crippen MR) is 157 cm³/mol. The van der Waals surface area contributed by atoms with Gasteiger partial charge in [-0.3, -0.25) is 18.7 Å². The number of ketones is 1. The molecule has 0 amide bonds. The van der Waals surface area contributed by atoms with E-state index in [2.05, 4.69) is 14.8 Å². The molecule has 3 aromatic rings. The number of ether oxygens (including phenoxy) is 1. The molecule has 0 atom stereocenters. The third-order valence-electron chi connectivity index (χ3n) is 7.55. The van der Waals surface area contributed by atoms with Gasteiger partial charge in [0.1, 0.15) is 11.5 Å². The van der Waals surface area contributed by atoms with Crippen LogP contribution in [-0.4, -0.2) is 85.3 Å². The number of hydrogen-bond acceptors (Lipinski definition) is 8. The van der Waals surface area contributed by atoms with Crippen molar-refractivity contribution in [3.05, 3.63) is 50.4 Å². The van der Waals surface area contributed by atoms with Crippen LogP contribution in [0.25, 0.3) is 11.2 Å². The van der Waals surface area contributed by atoms with E-state index < -0.39 is 0 Å². The Bertz CT molecular complexity index is 1440. The molecule has 2 aromatic heterocycles. The first kappa shape index (κ1) is 31.4. The molecule has 0 saturated carbocycles. The average molecular weight is 577 g/mol. The third-order valence-corrected chi connectivity index (χ3v) is 7.55. The zero-order chi connectivity index (χ0) is 28.1. The number of rotatable bonds is 12. The lowest BCUT2D eigenvalue weighted by Crippen LogP contribution is -2.47. The van der Waals surface area contributed by atoms with Gasteiger partial charge in [-0.2, -0.15) is 0 Å². The number of phenols is 1. The molecule has 220 valence electrons. The molecule has 0 spiro atoms. The van der Waals surface area contributed by atoms with Gasteiger partial charge in [-0.15, -0.1) is 12.4 Å². The maximum Gasteiger partial charge on any atom is 0.332 e. The van der Waals surface area contributed by atoms with Crippen molar-refractivity contribution in [2.45, 2.75) is 46.1 Å². The molecular weight excluding hydrogens is 536 g/mol. The van der Waals surface area contributed by atoms with Crippen molar-refractivity contribution in [3.63, 3.8) is 0 Å². The molecule has 40 heavy (non-hydrogen) atoms. The van der Waals surface area contributed by atoms with Crippen LogP contribution in [0.2, 0.25) is 0 Å². The monoisotopic (exact) mass is 576 g/mol. The molecule has 1 aliphatic heterocycles. The summed E-state index contributed by atoms with van der Waals surface area (Å²) in [5.41, 5.74) is 1.27. The molecule has 1 aromatic carbocycles. The molecule has 0 unspecified atom stereocenters. The van der Waals surface area contributed by atoms with Crippen molar-refractivity contribution >= 4 is 29.4 Å². The molecule has 0 radical (unpaired) electrons. The molecule has 1 N–H and O–H groups in total. The van der Waals surface area contributed by atoms with Gasteiger partial charge in [0, 0.05) is 58.9 Å². The fourth-order valence-corrected chi connectivity index (χ4v) is 5.27. The number of aryl methyl sites for hydroxylation is 2. The number of carbonyl (C=O) groups is 1. The lowest BCUT2D eigenvalue weighted by atomic mass is 10.0. The normalized spacial score (nSPS) is 14.4. The molecule has 0 bridgehead atoms. The van der Waals surface area contributed by atoms with Gasteiger partial charge in [0.25, 0.3) is 5.56 Å². The first-order valence-corrected chi connectivity index (χ1v) is 13.8. The summed E-state index contributed by atoms with van der Waals surface area (Å²) in [6.07, 6.45) is 4.94. The number of imidazole rings is 1. The Kier molecular flexibility index (Phi) is 11.0. The Balaban J connectivity index is 0.00000441. The van der Waals surface area contributed by atoms with E-state index in [4.69, 9.17) is 4.74 Å². The second kappa shape index (κ2) is 14.0. The van der Waals surface area contributed by atoms with E-state index in [9.17, 15) is 19.5 Å². The number of nitrogens with zero attached hydrogens (tertiary/aromatic N) is 6. The highest BCUT2D eigenvalue weighted by molar-refractivity contribution is 5.97. The number of aromatic hydroxyl groups is 1. The van der Waals surface area contributed by atoms with E-state index in [1.54, 1.807) is 25.5 Å². The van der Waals surface area contributed by atoms with Crippen molar-refractivity contribution in [3.8, 4) is 11.5 Å². The topological polar surface area (TPSA) is 115 Å². The second-order valence-corrected chi connectivity index (χ2v) is 10.3. The fraction of sp³-hybridized carbons (Fsp3) is 0.571. The zero-order valence-electron chi connectivity index (χ0n) is 23.9. The van der Waals surface area contributed by atoms with Crippen molar-refractivity contribution in [2.75, 3.05) is 45.9 Å². The molecule has 1 aliphatic rings. The molecule has 1 fully saturated rings. The SMILES string of the molecule is CCCc1c(OCCCN2CCN(CCCn3cnc4c3c(=O)n(C)c(=O)n4C)CC2)ccc(C(C)=O)c1O.Cl. The quantitative estimate of drug-likeness (QED) is 0.258. The first-order chi connectivity index (χ1) is 18.7. The number of phenolic OH excluding ortho intramolecular Hbond substituents is 1. The van der Waals surface area contributed by atoms with Gasteiger partial charge in [-0.05, 0) is 44.9 Å². The maximum atomic E-state index is 12.6. The smallest absolute Gasteiger partial charge is 0.332 e. The van der Waals surface area contributed by atoms with E-state index in [0.29, 0.717) is 47.6 Å². The third kappa shape index (κ3) is 6.76. The largest absolute Gasteiger partial charge is 0.507 e. The van der Waals surface area contributed by atoms with Crippen LogP contribution >= 0.6 is 12.4 Å². The summed E-state index contributed by atoms with van der Waals surface area (Å²) in [7, 11) is 3.13. The molecular formula is C28H41ClN6O5. The van der Waals surface area contributed by atoms with E-state index in [-0.39, 0.29) is 35.2 Å². The van der Waals surface area contributed by atoms with Gasteiger partial charge in [0.15, 0.2) is 16.9 Å². The Morgan fingerprint density at radius 1 is 1.00 bits per heavy atom. The van der Waals surface area contributed by atoms with Crippen LogP contribution in [0, 0.1) is 0 Å². The first-order valence-electron chi connectivity index (χ1n) is 13.8. The number of Topliss-reactive ketones (excluding diaryl/α,β-unsaturated/α-hetero) is 1. The zero-order valence-corrected chi connectivity index (χ0v) is 24.7. The summed E-state index contributed by atoms with van der Waals surface area (Å²) >= 11 is 0. The predicted octanol–water partition coefficient (Wildman–Crippen LogP) is 2.19. The molecule has 4 rings (SSSR count). The Hall–Kier alpha value is -3.15. The number of fused-ring (bicyclic) bond motifs is 1. The minimum absolute atomic E-state index is 0. The summed E-state index contributed by atoms with van der Waals surface area (Å²) in [5, 5.41) is 10.5. The van der Waals surface area contributed by atoms with Crippen LogP contribution in [0.15, 0.2) is 28.0 Å². The highest BCUT2D eigenvalue weighted by Crippen LogP contribution is 2.33. The standard InChI is InChI=1S/C28H40N6O5.ClH/c1-5-8-22-23(10-9-21(20(2)35)25(22)36)39-18-7-12-33-16-14-32(15-17-33)11-6-13-34-19-29-26-24(34)27(37)31(4)28(38)30(26)3;/h9-10,19,36H,5-8,11-18H2,1-4H3;1H. The van der Waals surface area contributed by atoms with E-state index >= 15 is 0 Å². The number of piperazine rings is 1. The van der Waals surface area contributed by atoms with E-state index in [0.717, 1.165) is 63.1 Å². The van der Waals surface area contributed by atoms with Crippen molar-refractivity contribution in [1.82, 2.24) is 28.5 Å². The van der Waals surface area contributed by atoms with Crippen LogP contribution in [0.5, 0.6) is 11.5 Å². The van der Waals surface area contributed by atoms with Crippen LogP contribution in [0.4, 0.5) is 0 Å². The van der Waals surface area contributed by atoms with Gasteiger partial charge >= 0.3 is 5.69 Å². The van der Waals surface area contributed by atoms with Crippen LogP contribution < -0.4 is 16.0 Å². The fourth-order valence-electron chi connectivity index (χ4n) is 5.27. The van der Waals surface area contributed by atoms with Gasteiger partial charge in [-0.1, -0.05) is 13.3 Å². The molecule has 11 nitrogen and oxygen atoms in total. The maximum absolute atomic E-state index is 12.6. The average Bonchev–Trinajstić information content (AvgIpc) is 3.35. The Labute approximate surface area is 240 Å². The van der Waals surface area contributed by atoms with Gasteiger partial charge in [-0.25, -0.2) is 9.78 Å². The number of aromatic nitrogens is 4. The minimum atomic E-state index is -0.369. The molecule has 12 heteroatoms. The van der Waals surface area contributed by atoms with Crippen LogP contribution in [-0.2, 0) is 27.1 Å². The summed E-state index contributed by atoms with van der Waals surface area (Å²) in [6, 6.07) is 3.44. The summed E-state index contributed by atoms with van der Waals surface area (Å²) in [5.74, 6) is 0.562. The molecule has 1 saturated heterocycles. The van der Waals surface area contributed by atoms with Crippen molar-refractivity contribution < 1.29 is 14.6 Å². The number of benzene rings is 1. The van der Waals surface area contributed by atoms with E-state index in [1.807, 2.05) is 11.5 Å². The highest BCUT2D eigenvalue weighted by Gasteiger charge is 2.19. The second-order valence-electron chi connectivity index (χ2n) is 10.3. The number of hydrogen-bond donors (Lipinski definition) is 1. The van der Waals surface area contributed by atoms with Gasteiger partial charge in [0.05, 0.1) is 18.5 Å². The molecule has 3 heterocycles. The Morgan fingerprint density at radius 2 is 1.65 bits per heavy atom. The van der Waals surface area contributed by atoms with Crippen molar-refractivity contribution in [1.29, 1.82) is 0 Å². The van der Waals surface area contributed by atoms with Crippen LogP contribution in [0.1, 0.15) is 49.0 Å². The summed E-state index contributed by atoms with van der Waals surface area (Å²) < 4.78 is 10.4. The number of carbonyl (C=O) groups excluding carboxylic acids is 1. The lowest BCUT2D eigenvalue weighted by Gasteiger charge is -2.34. The lowest BCUT2D eigenvalue weighted by molar-refractivity contribution is 0.101. The van der Waals surface area contributed by atoms with Gasteiger partial charge < -0.3 is 24.2 Å². The highest BCUT2D eigenvalue weighted by atomic mass is 35.5. The molecule has 0 aliphatic carbocycles. The van der Waals surface area contributed by atoms with Gasteiger partial charge in [0.2, 0.25) is 0 Å². The summed E-state index contributed by atoms with van der Waals surface area (Å²) in [4.78, 5) is 45.7. The van der Waals surface area contributed by atoms with Crippen LogP contribution in [0.3, 0.4) is 0 Å². The van der Waals surface area contributed by atoms with E-state index in [1.165, 1.54) is 18.5 Å². The van der Waals surface area contributed by atoms with Crippen molar-refractivity contribution in [2.24, 2.45) is 14.1 Å².